The molecular weight excluding hydrogens is 436 g/mol. The topological polar surface area (TPSA) is 26.3 Å². The zero-order valence-electron chi connectivity index (χ0n) is 24.6. The van der Waals surface area contributed by atoms with Gasteiger partial charge in [-0.2, -0.15) is 0 Å². The van der Waals surface area contributed by atoms with Crippen molar-refractivity contribution in [2.45, 2.75) is 113 Å². The van der Waals surface area contributed by atoms with Gasteiger partial charge >= 0.3 is 0 Å². The molecule has 200 valence electrons. The Morgan fingerprint density at radius 3 is 2.35 bits per heavy atom. The first-order valence-corrected chi connectivity index (χ1v) is 17.2. The average Bonchev–Trinajstić information content (AvgIpc) is 2.76. The lowest BCUT2D eigenvalue weighted by Crippen LogP contribution is -2.54. The average molecular weight is 495 g/mol. The quantitative estimate of drug-likeness (QED) is 0.336. The van der Waals surface area contributed by atoms with Gasteiger partial charge in [0.25, 0.3) is 0 Å². The van der Waals surface area contributed by atoms with Crippen LogP contribution in [-0.2, 0) is 8.98 Å². The Morgan fingerprint density at radius 1 is 1.15 bits per heavy atom. The van der Waals surface area contributed by atoms with Gasteiger partial charge in [-0.05, 0) is 104 Å². The van der Waals surface area contributed by atoms with Gasteiger partial charge in [-0.15, -0.1) is 10.3 Å². The number of hydrogen-bond donors (Lipinski definition) is 0. The van der Waals surface area contributed by atoms with E-state index in [0.29, 0.717) is 46.2 Å². The summed E-state index contributed by atoms with van der Waals surface area (Å²) in [4.78, 5) is 11.7. The van der Waals surface area contributed by atoms with E-state index in [1.807, 2.05) is 13.8 Å². The number of carbonyl (C=O) groups excluding carboxylic acids is 1. The number of ketones is 1. The molecule has 3 heteroatoms. The summed E-state index contributed by atoms with van der Waals surface area (Å²) < 4.78 is 6.86. The maximum atomic E-state index is 11.7. The van der Waals surface area contributed by atoms with Crippen molar-refractivity contribution < 1.29 is 8.98 Å². The molecule has 0 aromatic heterocycles. The van der Waals surface area contributed by atoms with Crippen molar-refractivity contribution in [3.63, 3.8) is 0 Å². The third-order valence-corrected chi connectivity index (χ3v) is 10.8. The Bertz CT molecular complexity index is 707. The van der Waals surface area contributed by atoms with Crippen LogP contribution < -0.4 is 0 Å². The molecule has 3 aliphatic rings. The van der Waals surface area contributed by atoms with Crippen LogP contribution in [0.25, 0.3) is 0 Å². The zero-order chi connectivity index (χ0) is 25.9. The van der Waals surface area contributed by atoms with Gasteiger partial charge in [0, 0.05) is 12.3 Å². The number of allylic oxidation sites excluding steroid dienone is 2. The van der Waals surface area contributed by atoms with Gasteiger partial charge in [0.05, 0.1) is 0 Å². The van der Waals surface area contributed by atoms with E-state index < -0.39 is 10.3 Å². The van der Waals surface area contributed by atoms with Crippen molar-refractivity contribution in [3.05, 3.63) is 11.8 Å². The molecule has 0 saturated heterocycles. The van der Waals surface area contributed by atoms with Gasteiger partial charge in [-0.1, -0.05) is 67.7 Å². The van der Waals surface area contributed by atoms with E-state index in [-0.39, 0.29) is 0 Å². The highest BCUT2D eigenvalue weighted by Gasteiger charge is 2.58. The van der Waals surface area contributed by atoms with Crippen molar-refractivity contribution in [2.24, 2.45) is 46.3 Å². The van der Waals surface area contributed by atoms with Crippen LogP contribution >= 0.6 is 10.3 Å². The smallest absolute Gasteiger partial charge is 0.129 e. The Morgan fingerprint density at radius 2 is 1.79 bits per heavy atom. The molecule has 0 bridgehead atoms. The molecule has 8 atom stereocenters. The summed E-state index contributed by atoms with van der Waals surface area (Å²) in [6.07, 6.45) is 20.7. The second kappa shape index (κ2) is 11.7. The van der Waals surface area contributed by atoms with E-state index in [4.69, 9.17) is 4.18 Å². The molecule has 0 radical (unpaired) electrons. The van der Waals surface area contributed by atoms with Crippen LogP contribution in [0.4, 0.5) is 0 Å². The first-order valence-electron chi connectivity index (χ1n) is 14.4. The normalized spacial score (nSPS) is 37.7. The van der Waals surface area contributed by atoms with E-state index in [9.17, 15) is 4.79 Å². The standard InChI is InChI=1S/C29H52O2S.C2H6/c1-10-24(20(2)14-15-21(3)30)28(5)18-16-25-27(22(28)4)26(31-32(7,8)9)19-23-13-11-12-17-29(23,25)6;1-2/h19-20,22-25,27H,10-18H2,1-9H3;1-2H3/t20-,22?,23?,24?,25?,27?,28?,29?;/m1./s1. The van der Waals surface area contributed by atoms with E-state index >= 15 is 0 Å². The minimum atomic E-state index is -1.06. The fraction of sp³-hybridized carbons (Fsp3) is 0.903. The molecule has 3 aliphatic carbocycles. The molecule has 2 saturated carbocycles. The molecule has 2 fully saturated rings. The summed E-state index contributed by atoms with van der Waals surface area (Å²) in [5.41, 5.74) is 0.750. The number of rotatable bonds is 8. The third kappa shape index (κ3) is 6.09. The third-order valence-electron chi connectivity index (χ3n) is 10.1. The number of carbonyl (C=O) groups is 1. The van der Waals surface area contributed by atoms with Crippen molar-refractivity contribution in [2.75, 3.05) is 18.8 Å². The van der Waals surface area contributed by atoms with Crippen LogP contribution in [0.2, 0.25) is 0 Å². The molecular formula is C31H58O2S. The van der Waals surface area contributed by atoms with Crippen LogP contribution in [0.5, 0.6) is 0 Å². The number of fused-ring (bicyclic) bond motifs is 3. The molecule has 7 unspecified atom stereocenters. The lowest BCUT2D eigenvalue weighted by Gasteiger charge is -2.61. The van der Waals surface area contributed by atoms with Gasteiger partial charge in [-0.25, -0.2) is 0 Å². The molecule has 0 aromatic carbocycles. The molecule has 2 nitrogen and oxygen atoms in total. The lowest BCUT2D eigenvalue weighted by molar-refractivity contribution is -0.118. The highest BCUT2D eigenvalue weighted by atomic mass is 32.3. The largest absolute Gasteiger partial charge is 0.454 e. The van der Waals surface area contributed by atoms with E-state index in [1.54, 1.807) is 6.92 Å². The molecule has 3 rings (SSSR count). The summed E-state index contributed by atoms with van der Waals surface area (Å²) in [5, 5.41) is 0. The fourth-order valence-electron chi connectivity index (χ4n) is 8.29. The second-order valence-electron chi connectivity index (χ2n) is 12.9. The van der Waals surface area contributed by atoms with Gasteiger partial charge < -0.3 is 8.98 Å². The van der Waals surface area contributed by atoms with Gasteiger partial charge in [-0.3, -0.25) is 0 Å². The molecule has 0 aromatic rings. The summed E-state index contributed by atoms with van der Waals surface area (Å²) in [6, 6.07) is 0. The van der Waals surface area contributed by atoms with E-state index in [1.165, 1.54) is 50.7 Å². The Balaban J connectivity index is 0.00000199. The molecule has 34 heavy (non-hydrogen) atoms. The second-order valence-corrected chi connectivity index (χ2v) is 16.5. The van der Waals surface area contributed by atoms with E-state index in [2.05, 4.69) is 59.5 Å². The molecule has 0 amide bonds. The monoisotopic (exact) mass is 494 g/mol. The van der Waals surface area contributed by atoms with Crippen molar-refractivity contribution in [1.29, 1.82) is 0 Å². The highest BCUT2D eigenvalue weighted by Crippen LogP contribution is 2.66. The summed E-state index contributed by atoms with van der Waals surface area (Å²) in [7, 11) is -1.06. The minimum absolute atomic E-state index is 0.305. The van der Waals surface area contributed by atoms with Crippen LogP contribution in [0.15, 0.2) is 11.8 Å². The molecule has 0 N–H and O–H groups in total. The Kier molecular flexibility index (Phi) is 10.3. The first kappa shape index (κ1) is 29.8. The summed E-state index contributed by atoms with van der Waals surface area (Å²) >= 11 is 0. The van der Waals surface area contributed by atoms with Gasteiger partial charge in [0.15, 0.2) is 0 Å². The SMILES string of the molecule is CC.CCC([C@H](C)CCC(C)=O)C1(C)CCC2C(C(OS(C)(C)C)=CC3CCCCC32C)C1C. The fourth-order valence-corrected chi connectivity index (χ4v) is 9.04. The first-order chi connectivity index (χ1) is 15.8. The van der Waals surface area contributed by atoms with Crippen LogP contribution in [-0.4, -0.2) is 24.6 Å². The predicted octanol–water partition coefficient (Wildman–Crippen LogP) is 9.43. The predicted molar refractivity (Wildman–Crippen MR) is 152 cm³/mol. The van der Waals surface area contributed by atoms with E-state index in [0.717, 1.165) is 18.8 Å². The van der Waals surface area contributed by atoms with Crippen LogP contribution in [0.1, 0.15) is 113 Å². The van der Waals surface area contributed by atoms with Crippen molar-refractivity contribution in [1.82, 2.24) is 0 Å². The summed E-state index contributed by atoms with van der Waals surface area (Å²) in [5.74, 6) is 5.56. The molecule has 0 spiro atoms. The van der Waals surface area contributed by atoms with Crippen LogP contribution in [0, 0.1) is 46.3 Å². The minimum Gasteiger partial charge on any atom is -0.454 e. The lowest BCUT2D eigenvalue weighted by atomic mass is 9.44. The number of Topliss-reactive ketones (excluding diaryl/α,β-unsaturated/α-hetero) is 1. The van der Waals surface area contributed by atoms with Gasteiger partial charge in [0.2, 0.25) is 0 Å². The maximum Gasteiger partial charge on any atom is 0.129 e. The summed E-state index contributed by atoms with van der Waals surface area (Å²) in [6.45, 7) is 18.3. The number of hydrogen-bond acceptors (Lipinski definition) is 2. The Hall–Kier alpha value is -0.440. The van der Waals surface area contributed by atoms with Crippen molar-refractivity contribution >= 4 is 16.1 Å². The molecule has 0 heterocycles. The van der Waals surface area contributed by atoms with Crippen LogP contribution in [0.3, 0.4) is 0 Å². The highest BCUT2D eigenvalue weighted by molar-refractivity contribution is 8.28. The zero-order valence-corrected chi connectivity index (χ0v) is 25.4. The van der Waals surface area contributed by atoms with Crippen molar-refractivity contribution in [3.8, 4) is 0 Å². The Labute approximate surface area is 215 Å². The van der Waals surface area contributed by atoms with Gasteiger partial charge in [0.1, 0.15) is 11.5 Å². The molecule has 0 aliphatic heterocycles. The maximum absolute atomic E-state index is 11.7.